The Morgan fingerprint density at radius 2 is 1.95 bits per heavy atom. The van der Waals surface area contributed by atoms with E-state index in [0.717, 1.165) is 24.0 Å². The van der Waals surface area contributed by atoms with Crippen LogP contribution >= 0.6 is 15.9 Å². The minimum absolute atomic E-state index is 0.162. The van der Waals surface area contributed by atoms with E-state index < -0.39 is 0 Å². The van der Waals surface area contributed by atoms with Crippen molar-refractivity contribution in [1.29, 1.82) is 0 Å². The summed E-state index contributed by atoms with van der Waals surface area (Å²) in [6.07, 6.45) is 6.92. The molecule has 0 amide bonds. The average molecular weight is 354 g/mol. The molecule has 1 fully saturated rings. The van der Waals surface area contributed by atoms with Gasteiger partial charge in [0.05, 0.1) is 12.2 Å². The van der Waals surface area contributed by atoms with Gasteiger partial charge >= 0.3 is 0 Å². The van der Waals surface area contributed by atoms with E-state index in [2.05, 4.69) is 59.4 Å². The average Bonchev–Trinajstić information content (AvgIpc) is 2.49. The molecule has 1 aliphatic carbocycles. The first-order valence-corrected chi connectivity index (χ1v) is 9.11. The highest BCUT2D eigenvalue weighted by atomic mass is 79.9. The molecule has 3 heteroatoms. The van der Waals surface area contributed by atoms with Crippen LogP contribution in [0, 0.1) is 5.92 Å². The zero-order valence-electron chi connectivity index (χ0n) is 13.3. The maximum absolute atomic E-state index is 6.50. The number of nitrogens with one attached hydrogen (secondary N) is 1. The predicted molar refractivity (Wildman–Crippen MR) is 92.5 cm³/mol. The smallest absolute Gasteiger partial charge is 0.0953 e. The molecule has 1 saturated carbocycles. The molecule has 0 bridgehead atoms. The second kappa shape index (κ2) is 8.92. The van der Waals surface area contributed by atoms with E-state index >= 15 is 0 Å². The zero-order valence-corrected chi connectivity index (χ0v) is 14.9. The third-order valence-corrected chi connectivity index (χ3v) is 4.90. The summed E-state index contributed by atoms with van der Waals surface area (Å²) in [5.74, 6) is 0.683. The van der Waals surface area contributed by atoms with Gasteiger partial charge in [0.2, 0.25) is 0 Å². The molecule has 0 saturated heterocycles. The first kappa shape index (κ1) is 17.0. The Hall–Kier alpha value is -0.380. The van der Waals surface area contributed by atoms with Crippen molar-refractivity contribution in [2.45, 2.75) is 58.2 Å². The molecule has 1 aliphatic rings. The van der Waals surface area contributed by atoms with E-state index in [1.54, 1.807) is 0 Å². The SMILES string of the molecule is CCCNCC(OC1CCCCC1C)c1ccc(Br)cc1. The van der Waals surface area contributed by atoms with Crippen LogP contribution in [0.4, 0.5) is 0 Å². The van der Waals surface area contributed by atoms with Crippen LogP contribution in [0.2, 0.25) is 0 Å². The Bertz CT molecular complexity index is 406. The Morgan fingerprint density at radius 3 is 2.62 bits per heavy atom. The standard InChI is InChI=1S/C18H28BrNO/c1-3-12-20-13-18(15-8-10-16(19)11-9-15)21-17-7-5-4-6-14(17)2/h8-11,14,17-18,20H,3-7,12-13H2,1-2H3. The Labute approximate surface area is 137 Å². The fraction of sp³-hybridized carbons (Fsp3) is 0.667. The predicted octanol–water partition coefficient (Wildman–Crippen LogP) is 5.09. The summed E-state index contributed by atoms with van der Waals surface area (Å²) in [6.45, 7) is 6.49. The normalized spacial score (nSPS) is 24.0. The van der Waals surface area contributed by atoms with Crippen molar-refractivity contribution in [1.82, 2.24) is 5.32 Å². The van der Waals surface area contributed by atoms with Crippen LogP contribution in [-0.4, -0.2) is 19.2 Å². The number of benzene rings is 1. The van der Waals surface area contributed by atoms with Crippen LogP contribution < -0.4 is 5.32 Å². The topological polar surface area (TPSA) is 21.3 Å². The van der Waals surface area contributed by atoms with E-state index in [0.29, 0.717) is 12.0 Å². The lowest BCUT2D eigenvalue weighted by molar-refractivity contribution is -0.0563. The molecule has 1 aromatic carbocycles. The van der Waals surface area contributed by atoms with Gasteiger partial charge in [0, 0.05) is 11.0 Å². The van der Waals surface area contributed by atoms with Gasteiger partial charge in [0.25, 0.3) is 0 Å². The molecular weight excluding hydrogens is 326 g/mol. The minimum atomic E-state index is 0.162. The number of rotatable bonds is 7. The summed E-state index contributed by atoms with van der Waals surface area (Å²) in [4.78, 5) is 0. The highest BCUT2D eigenvalue weighted by Crippen LogP contribution is 2.31. The van der Waals surface area contributed by atoms with Crippen LogP contribution in [0.5, 0.6) is 0 Å². The van der Waals surface area contributed by atoms with Gasteiger partial charge in [-0.05, 0) is 49.4 Å². The lowest BCUT2D eigenvalue weighted by Gasteiger charge is -2.33. The molecule has 2 rings (SSSR count). The number of halogens is 1. The number of ether oxygens (including phenoxy) is 1. The van der Waals surface area contributed by atoms with Gasteiger partial charge in [-0.2, -0.15) is 0 Å². The molecule has 0 heterocycles. The van der Waals surface area contributed by atoms with Crippen LogP contribution in [-0.2, 0) is 4.74 Å². The van der Waals surface area contributed by atoms with Crippen molar-refractivity contribution >= 4 is 15.9 Å². The molecule has 0 radical (unpaired) electrons. The van der Waals surface area contributed by atoms with E-state index in [4.69, 9.17) is 4.74 Å². The Morgan fingerprint density at radius 1 is 1.24 bits per heavy atom. The van der Waals surface area contributed by atoms with Gasteiger partial charge in [0.1, 0.15) is 0 Å². The van der Waals surface area contributed by atoms with E-state index in [1.807, 2.05) is 0 Å². The monoisotopic (exact) mass is 353 g/mol. The molecule has 3 unspecified atom stereocenters. The van der Waals surface area contributed by atoms with Crippen molar-refractivity contribution in [2.24, 2.45) is 5.92 Å². The molecule has 3 atom stereocenters. The maximum Gasteiger partial charge on any atom is 0.0953 e. The molecule has 2 nitrogen and oxygen atoms in total. The van der Waals surface area contributed by atoms with Crippen molar-refractivity contribution in [2.75, 3.05) is 13.1 Å². The van der Waals surface area contributed by atoms with Gasteiger partial charge < -0.3 is 10.1 Å². The highest BCUT2D eigenvalue weighted by molar-refractivity contribution is 9.10. The Kier molecular flexibility index (Phi) is 7.21. The van der Waals surface area contributed by atoms with Crippen LogP contribution in [0.25, 0.3) is 0 Å². The van der Waals surface area contributed by atoms with Crippen molar-refractivity contribution in [3.63, 3.8) is 0 Å². The van der Waals surface area contributed by atoms with E-state index in [-0.39, 0.29) is 6.10 Å². The summed E-state index contributed by atoms with van der Waals surface area (Å²) >= 11 is 3.51. The second-order valence-electron chi connectivity index (χ2n) is 6.18. The third-order valence-electron chi connectivity index (χ3n) is 4.37. The van der Waals surface area contributed by atoms with Gasteiger partial charge in [-0.3, -0.25) is 0 Å². The lowest BCUT2D eigenvalue weighted by atomic mass is 9.87. The third kappa shape index (κ3) is 5.39. The first-order valence-electron chi connectivity index (χ1n) is 8.32. The maximum atomic E-state index is 6.50. The Balaban J connectivity index is 2.02. The van der Waals surface area contributed by atoms with Crippen molar-refractivity contribution in [3.8, 4) is 0 Å². The van der Waals surface area contributed by atoms with E-state index in [1.165, 1.54) is 31.2 Å². The lowest BCUT2D eigenvalue weighted by Crippen LogP contribution is -2.32. The fourth-order valence-corrected chi connectivity index (χ4v) is 3.29. The van der Waals surface area contributed by atoms with E-state index in [9.17, 15) is 0 Å². The molecule has 0 spiro atoms. The molecule has 118 valence electrons. The van der Waals surface area contributed by atoms with Gasteiger partial charge in [0.15, 0.2) is 0 Å². The van der Waals surface area contributed by atoms with Crippen LogP contribution in [0.15, 0.2) is 28.7 Å². The van der Waals surface area contributed by atoms with Crippen LogP contribution in [0.3, 0.4) is 0 Å². The summed E-state index contributed by atoms with van der Waals surface area (Å²) in [5, 5.41) is 3.52. The van der Waals surface area contributed by atoms with Crippen molar-refractivity contribution < 1.29 is 4.74 Å². The van der Waals surface area contributed by atoms with Gasteiger partial charge in [-0.1, -0.05) is 54.8 Å². The quantitative estimate of drug-likeness (QED) is 0.689. The van der Waals surface area contributed by atoms with Crippen molar-refractivity contribution in [3.05, 3.63) is 34.3 Å². The second-order valence-corrected chi connectivity index (χ2v) is 7.10. The molecule has 0 aromatic heterocycles. The number of hydrogen-bond donors (Lipinski definition) is 1. The number of hydrogen-bond acceptors (Lipinski definition) is 2. The highest BCUT2D eigenvalue weighted by Gasteiger charge is 2.25. The van der Waals surface area contributed by atoms with Gasteiger partial charge in [-0.25, -0.2) is 0 Å². The summed E-state index contributed by atoms with van der Waals surface area (Å²) in [6, 6.07) is 8.57. The fourth-order valence-electron chi connectivity index (χ4n) is 3.03. The van der Waals surface area contributed by atoms with Crippen LogP contribution in [0.1, 0.15) is 57.6 Å². The summed E-state index contributed by atoms with van der Waals surface area (Å²) < 4.78 is 7.62. The molecule has 1 N–H and O–H groups in total. The molecule has 1 aromatic rings. The summed E-state index contributed by atoms with van der Waals surface area (Å²) in [5.41, 5.74) is 1.28. The first-order chi connectivity index (χ1) is 10.2. The minimum Gasteiger partial charge on any atom is -0.369 e. The largest absolute Gasteiger partial charge is 0.369 e. The molecular formula is C18H28BrNO. The van der Waals surface area contributed by atoms with Gasteiger partial charge in [-0.15, -0.1) is 0 Å². The molecule has 21 heavy (non-hydrogen) atoms. The summed E-state index contributed by atoms with van der Waals surface area (Å²) in [7, 11) is 0. The molecule has 0 aliphatic heterocycles. The zero-order chi connectivity index (χ0) is 15.1.